The normalized spacial score (nSPS) is 20.4. The average Bonchev–Trinajstić information content (AvgIpc) is 2.73. The molecule has 1 amide bonds. The van der Waals surface area contributed by atoms with Crippen molar-refractivity contribution in [3.8, 4) is 0 Å². The number of primary amides is 1. The smallest absolute Gasteiger partial charge is 0.265 e. The number of sulfonamides is 1. The minimum Gasteiger partial charge on any atom is -0.364 e. The molecule has 0 radical (unpaired) electrons. The minimum absolute atomic E-state index is 0.0642. The Hall–Kier alpha value is -1.38. The highest BCUT2D eigenvalue weighted by molar-refractivity contribution is 7.89. The van der Waals surface area contributed by atoms with Crippen molar-refractivity contribution in [2.75, 3.05) is 13.1 Å². The first-order valence-electron chi connectivity index (χ1n) is 6.09. The van der Waals surface area contributed by atoms with Gasteiger partial charge in [0.15, 0.2) is 0 Å². The lowest BCUT2D eigenvalue weighted by atomic mass is 10.1. The van der Waals surface area contributed by atoms with E-state index in [-0.39, 0.29) is 16.6 Å². The van der Waals surface area contributed by atoms with Crippen molar-refractivity contribution in [1.29, 1.82) is 0 Å². The van der Waals surface area contributed by atoms with Crippen molar-refractivity contribution in [3.63, 3.8) is 0 Å². The number of carbonyl (C=O) groups is 1. The number of hydrogen-bond acceptors (Lipinski definition) is 4. The summed E-state index contributed by atoms with van der Waals surface area (Å²) < 4.78 is 28.4. The maximum absolute atomic E-state index is 12.2. The van der Waals surface area contributed by atoms with Gasteiger partial charge in [-0.1, -0.05) is 0 Å². The molecule has 1 aliphatic heterocycles. The zero-order valence-electron chi connectivity index (χ0n) is 10.7. The van der Waals surface area contributed by atoms with Crippen LogP contribution in [0.15, 0.2) is 17.2 Å². The van der Waals surface area contributed by atoms with Crippen LogP contribution in [-0.4, -0.2) is 38.0 Å². The van der Waals surface area contributed by atoms with E-state index in [2.05, 4.69) is 10.0 Å². The lowest BCUT2D eigenvalue weighted by Crippen LogP contribution is -2.45. The van der Waals surface area contributed by atoms with Gasteiger partial charge in [0.1, 0.15) is 10.6 Å². The molecule has 2 heterocycles. The van der Waals surface area contributed by atoms with Crippen LogP contribution in [0, 0.1) is 0 Å². The largest absolute Gasteiger partial charge is 0.364 e. The molecule has 1 aromatic heterocycles. The molecule has 0 aliphatic carbocycles. The summed E-state index contributed by atoms with van der Waals surface area (Å²) in [6, 6.07) is 1.18. The molecule has 8 heteroatoms. The fourth-order valence-corrected chi connectivity index (χ4v) is 3.51. The van der Waals surface area contributed by atoms with Crippen molar-refractivity contribution in [2.45, 2.75) is 23.8 Å². The molecule has 0 spiro atoms. The van der Waals surface area contributed by atoms with Gasteiger partial charge < -0.3 is 15.6 Å². The molecule has 7 nitrogen and oxygen atoms in total. The molecule has 1 fully saturated rings. The first-order chi connectivity index (χ1) is 8.90. The first-order valence-corrected chi connectivity index (χ1v) is 7.57. The predicted octanol–water partition coefficient (Wildman–Crippen LogP) is -0.846. The molecule has 0 aromatic carbocycles. The molecule has 1 aliphatic rings. The van der Waals surface area contributed by atoms with Crippen LogP contribution in [0.3, 0.4) is 0 Å². The predicted molar refractivity (Wildman–Crippen MR) is 70.1 cm³/mol. The number of nitrogens with one attached hydrogen (secondary N) is 2. The number of nitrogens with zero attached hydrogens (tertiary/aromatic N) is 1. The van der Waals surface area contributed by atoms with Gasteiger partial charge in [0.05, 0.1) is 0 Å². The number of hydrogen-bond donors (Lipinski definition) is 3. The van der Waals surface area contributed by atoms with Crippen molar-refractivity contribution in [1.82, 2.24) is 14.6 Å². The molecule has 106 valence electrons. The van der Waals surface area contributed by atoms with Gasteiger partial charge >= 0.3 is 0 Å². The summed E-state index contributed by atoms with van der Waals surface area (Å²) in [5.74, 6) is -0.650. The molecule has 1 atom stereocenters. The van der Waals surface area contributed by atoms with Crippen LogP contribution in [0.25, 0.3) is 0 Å². The highest BCUT2D eigenvalue weighted by atomic mass is 32.2. The fourth-order valence-electron chi connectivity index (χ4n) is 2.17. The molecule has 1 saturated heterocycles. The number of piperidine rings is 1. The number of carbonyl (C=O) groups excluding carboxylic acids is 1. The van der Waals surface area contributed by atoms with E-state index in [9.17, 15) is 13.2 Å². The van der Waals surface area contributed by atoms with Gasteiger partial charge in [-0.05, 0) is 25.5 Å². The topological polar surface area (TPSA) is 106 Å². The molecular formula is C11H18N4O3S. The summed E-state index contributed by atoms with van der Waals surface area (Å²) in [5.41, 5.74) is 5.34. The zero-order chi connectivity index (χ0) is 14.0. The van der Waals surface area contributed by atoms with Crippen LogP contribution >= 0.6 is 0 Å². The summed E-state index contributed by atoms with van der Waals surface area (Å²) in [7, 11) is -2.03. The summed E-state index contributed by atoms with van der Waals surface area (Å²) in [4.78, 5) is 11.2. The van der Waals surface area contributed by atoms with Crippen molar-refractivity contribution < 1.29 is 13.2 Å². The monoisotopic (exact) mass is 286 g/mol. The van der Waals surface area contributed by atoms with Gasteiger partial charge in [-0.3, -0.25) is 4.79 Å². The van der Waals surface area contributed by atoms with Gasteiger partial charge in [-0.2, -0.15) is 0 Å². The van der Waals surface area contributed by atoms with Gasteiger partial charge in [-0.25, -0.2) is 13.1 Å². The van der Waals surface area contributed by atoms with Crippen LogP contribution in [0.5, 0.6) is 0 Å². The number of nitrogens with two attached hydrogens (primary N) is 1. The molecule has 19 heavy (non-hydrogen) atoms. The third-order valence-electron chi connectivity index (χ3n) is 3.16. The summed E-state index contributed by atoms with van der Waals surface area (Å²) in [6.45, 7) is 1.53. The summed E-state index contributed by atoms with van der Waals surface area (Å²) >= 11 is 0. The van der Waals surface area contributed by atoms with Gasteiger partial charge in [0.2, 0.25) is 10.0 Å². The Labute approximate surface area is 112 Å². The summed E-state index contributed by atoms with van der Waals surface area (Å²) in [5, 5.41) is 3.14. The Bertz CT molecular complexity index is 573. The average molecular weight is 286 g/mol. The number of amides is 1. The first kappa shape index (κ1) is 14.0. The van der Waals surface area contributed by atoms with Gasteiger partial charge in [-0.15, -0.1) is 0 Å². The standard InChI is InChI=1S/C11H18N4O3S/c1-15-7-9(5-10(15)11(12)16)19(17,18)14-8-3-2-4-13-6-8/h5,7-8,13-14H,2-4,6H2,1H3,(H2,12,16). The van der Waals surface area contributed by atoms with Gasteiger partial charge in [0.25, 0.3) is 5.91 Å². The van der Waals surface area contributed by atoms with Crippen LogP contribution in [-0.2, 0) is 17.1 Å². The number of rotatable bonds is 4. The Morgan fingerprint density at radius 2 is 2.32 bits per heavy atom. The highest BCUT2D eigenvalue weighted by Gasteiger charge is 2.24. The van der Waals surface area contributed by atoms with E-state index in [0.29, 0.717) is 6.54 Å². The van der Waals surface area contributed by atoms with E-state index in [1.807, 2.05) is 0 Å². The Morgan fingerprint density at radius 3 is 2.84 bits per heavy atom. The maximum atomic E-state index is 12.2. The minimum atomic E-state index is -3.61. The second kappa shape index (κ2) is 5.32. The van der Waals surface area contributed by atoms with E-state index in [0.717, 1.165) is 19.4 Å². The quantitative estimate of drug-likeness (QED) is 0.670. The van der Waals surface area contributed by atoms with E-state index in [1.54, 1.807) is 7.05 Å². The van der Waals surface area contributed by atoms with Crippen LogP contribution in [0.4, 0.5) is 0 Å². The van der Waals surface area contributed by atoms with Crippen LogP contribution < -0.4 is 15.8 Å². The SMILES string of the molecule is Cn1cc(S(=O)(=O)NC2CCCNC2)cc1C(N)=O. The lowest BCUT2D eigenvalue weighted by molar-refractivity contribution is 0.0992. The Morgan fingerprint density at radius 1 is 1.58 bits per heavy atom. The summed E-state index contributed by atoms with van der Waals surface area (Å²) in [6.07, 6.45) is 3.13. The third kappa shape index (κ3) is 3.14. The molecule has 1 aromatic rings. The van der Waals surface area contributed by atoms with Crippen molar-refractivity contribution >= 4 is 15.9 Å². The van der Waals surface area contributed by atoms with E-state index >= 15 is 0 Å². The Kier molecular flexibility index (Phi) is 3.93. The second-order valence-electron chi connectivity index (χ2n) is 4.70. The molecule has 4 N–H and O–H groups in total. The molecule has 2 rings (SSSR count). The third-order valence-corrected chi connectivity index (χ3v) is 4.65. The molecular weight excluding hydrogens is 268 g/mol. The maximum Gasteiger partial charge on any atom is 0.265 e. The van der Waals surface area contributed by atoms with E-state index in [1.165, 1.54) is 16.8 Å². The Balaban J connectivity index is 2.19. The number of aryl methyl sites for hydroxylation is 1. The van der Waals surface area contributed by atoms with Crippen molar-refractivity contribution in [2.24, 2.45) is 12.8 Å². The lowest BCUT2D eigenvalue weighted by Gasteiger charge is -2.23. The fraction of sp³-hybridized carbons (Fsp3) is 0.545. The van der Waals surface area contributed by atoms with Crippen LogP contribution in [0.2, 0.25) is 0 Å². The van der Waals surface area contributed by atoms with E-state index in [4.69, 9.17) is 5.73 Å². The van der Waals surface area contributed by atoms with Crippen LogP contribution in [0.1, 0.15) is 23.3 Å². The van der Waals surface area contributed by atoms with Gasteiger partial charge in [0, 0.05) is 25.8 Å². The second-order valence-corrected chi connectivity index (χ2v) is 6.41. The zero-order valence-corrected chi connectivity index (χ0v) is 11.5. The number of aromatic nitrogens is 1. The highest BCUT2D eigenvalue weighted by Crippen LogP contribution is 2.14. The molecule has 1 unspecified atom stereocenters. The molecule has 0 bridgehead atoms. The molecule has 0 saturated carbocycles. The van der Waals surface area contributed by atoms with E-state index < -0.39 is 15.9 Å². The van der Waals surface area contributed by atoms with Crippen molar-refractivity contribution in [3.05, 3.63) is 18.0 Å².